The average molecular weight is 378 g/mol. The van der Waals surface area contributed by atoms with Crippen molar-refractivity contribution < 1.29 is 22.7 Å². The molecule has 0 aliphatic rings. The normalized spacial score (nSPS) is 12.6. The van der Waals surface area contributed by atoms with Gasteiger partial charge >= 0.3 is 5.97 Å². The van der Waals surface area contributed by atoms with Gasteiger partial charge in [-0.15, -0.1) is 0 Å². The van der Waals surface area contributed by atoms with Crippen LogP contribution in [0.25, 0.3) is 0 Å². The second-order valence-corrected chi connectivity index (χ2v) is 7.60. The van der Waals surface area contributed by atoms with Crippen molar-refractivity contribution in [1.82, 2.24) is 0 Å². The molecule has 1 amide bonds. The van der Waals surface area contributed by atoms with E-state index in [0.717, 1.165) is 6.26 Å². The van der Waals surface area contributed by atoms with Crippen LogP contribution in [-0.4, -0.2) is 38.4 Å². The number of halogens is 1. The van der Waals surface area contributed by atoms with Gasteiger partial charge in [0.2, 0.25) is 5.91 Å². The first-order valence-electron chi connectivity index (χ1n) is 6.13. The van der Waals surface area contributed by atoms with Gasteiger partial charge in [-0.2, -0.15) is 0 Å². The highest BCUT2D eigenvalue weighted by Gasteiger charge is 2.24. The van der Waals surface area contributed by atoms with Crippen molar-refractivity contribution in [2.75, 3.05) is 18.2 Å². The summed E-state index contributed by atoms with van der Waals surface area (Å²) in [6.45, 7) is 3.28. The van der Waals surface area contributed by atoms with E-state index in [9.17, 15) is 18.0 Å². The lowest BCUT2D eigenvalue weighted by molar-refractivity contribution is -0.115. The Labute approximate surface area is 131 Å². The molecule has 0 aromatic heterocycles. The quantitative estimate of drug-likeness (QED) is 0.792. The van der Waals surface area contributed by atoms with Gasteiger partial charge in [0.25, 0.3) is 0 Å². The number of ether oxygens (including phenoxy) is 1. The van der Waals surface area contributed by atoms with E-state index >= 15 is 0 Å². The Balaban J connectivity index is 2.92. The Kier molecular flexibility index (Phi) is 5.91. The van der Waals surface area contributed by atoms with Crippen molar-refractivity contribution in [3.8, 4) is 0 Å². The van der Waals surface area contributed by atoms with E-state index in [1.54, 1.807) is 6.92 Å². The maximum atomic E-state index is 11.8. The van der Waals surface area contributed by atoms with E-state index in [1.165, 1.54) is 25.1 Å². The van der Waals surface area contributed by atoms with Crippen LogP contribution in [0.15, 0.2) is 22.7 Å². The maximum absolute atomic E-state index is 11.8. The van der Waals surface area contributed by atoms with Gasteiger partial charge in [-0.25, -0.2) is 13.2 Å². The number of sulfone groups is 1. The summed E-state index contributed by atoms with van der Waals surface area (Å²) in [7, 11) is -3.47. The van der Waals surface area contributed by atoms with Gasteiger partial charge < -0.3 is 10.1 Å². The Morgan fingerprint density at radius 2 is 2.00 bits per heavy atom. The topological polar surface area (TPSA) is 89.5 Å². The molecule has 6 nitrogen and oxygen atoms in total. The minimum atomic E-state index is -3.47. The molecule has 0 fully saturated rings. The highest BCUT2D eigenvalue weighted by atomic mass is 79.9. The number of rotatable bonds is 5. The molecule has 0 spiro atoms. The van der Waals surface area contributed by atoms with Gasteiger partial charge in [0, 0.05) is 10.7 Å². The zero-order valence-electron chi connectivity index (χ0n) is 11.8. The first kappa shape index (κ1) is 17.6. The Bertz CT molecular complexity index is 657. The molecule has 1 atom stereocenters. The Morgan fingerprint density at radius 3 is 2.48 bits per heavy atom. The van der Waals surface area contributed by atoms with E-state index in [-0.39, 0.29) is 6.61 Å². The smallest absolute Gasteiger partial charge is 0.338 e. The fourth-order valence-corrected chi connectivity index (χ4v) is 2.31. The van der Waals surface area contributed by atoms with Crippen LogP contribution in [0, 0.1) is 0 Å². The Hall–Kier alpha value is -1.41. The molecule has 0 saturated heterocycles. The van der Waals surface area contributed by atoms with Crippen molar-refractivity contribution in [2.24, 2.45) is 0 Å². The van der Waals surface area contributed by atoms with Gasteiger partial charge in [0.15, 0.2) is 9.84 Å². The molecule has 0 radical (unpaired) electrons. The number of esters is 1. The van der Waals surface area contributed by atoms with Gasteiger partial charge in [-0.05, 0) is 48.0 Å². The molecule has 1 aromatic rings. The maximum Gasteiger partial charge on any atom is 0.338 e. The third kappa shape index (κ3) is 4.82. The van der Waals surface area contributed by atoms with Crippen LogP contribution in [0.4, 0.5) is 5.69 Å². The molecule has 0 heterocycles. The lowest BCUT2D eigenvalue weighted by atomic mass is 10.2. The van der Waals surface area contributed by atoms with Crippen LogP contribution in [0.2, 0.25) is 0 Å². The van der Waals surface area contributed by atoms with Crippen LogP contribution in [0.5, 0.6) is 0 Å². The van der Waals surface area contributed by atoms with E-state index in [0.29, 0.717) is 15.7 Å². The molecule has 1 N–H and O–H groups in total. The lowest BCUT2D eigenvalue weighted by Gasteiger charge is -2.12. The number of hydrogen-bond donors (Lipinski definition) is 1. The summed E-state index contributed by atoms with van der Waals surface area (Å²) in [4.78, 5) is 23.4. The van der Waals surface area contributed by atoms with E-state index < -0.39 is 27.0 Å². The van der Waals surface area contributed by atoms with Crippen LogP contribution in [0.1, 0.15) is 24.2 Å². The lowest BCUT2D eigenvalue weighted by Crippen LogP contribution is -2.31. The van der Waals surface area contributed by atoms with Crippen LogP contribution >= 0.6 is 15.9 Å². The second-order valence-electron chi connectivity index (χ2n) is 4.38. The number of carbonyl (C=O) groups excluding carboxylic acids is 2. The zero-order valence-corrected chi connectivity index (χ0v) is 14.2. The largest absolute Gasteiger partial charge is 0.462 e. The van der Waals surface area contributed by atoms with Gasteiger partial charge in [0.05, 0.1) is 17.9 Å². The van der Waals surface area contributed by atoms with Gasteiger partial charge in [-0.1, -0.05) is 0 Å². The minimum absolute atomic E-state index is 0.265. The van der Waals surface area contributed by atoms with Crippen molar-refractivity contribution in [3.05, 3.63) is 28.2 Å². The standard InChI is InChI=1S/C13H16BrNO5S/c1-4-20-13(17)9-5-6-11(10(14)7-9)15-12(16)8(2)21(3,18)19/h5-8H,4H2,1-3H3,(H,15,16). The molecule has 8 heteroatoms. The monoisotopic (exact) mass is 377 g/mol. The van der Waals surface area contributed by atoms with Crippen molar-refractivity contribution in [1.29, 1.82) is 0 Å². The summed E-state index contributed by atoms with van der Waals surface area (Å²) in [5.41, 5.74) is 0.710. The summed E-state index contributed by atoms with van der Waals surface area (Å²) in [5, 5.41) is 1.34. The number of carbonyl (C=O) groups is 2. The number of hydrogen-bond acceptors (Lipinski definition) is 5. The SMILES string of the molecule is CCOC(=O)c1ccc(NC(=O)C(C)S(C)(=O)=O)c(Br)c1. The van der Waals surface area contributed by atoms with E-state index in [2.05, 4.69) is 21.2 Å². The highest BCUT2D eigenvalue weighted by molar-refractivity contribution is 9.10. The summed E-state index contributed by atoms with van der Waals surface area (Å²) in [5.74, 6) is -1.11. The molecule has 0 saturated carbocycles. The van der Waals surface area contributed by atoms with E-state index in [1.807, 2.05) is 0 Å². The zero-order chi connectivity index (χ0) is 16.2. The summed E-state index contributed by atoms with van der Waals surface area (Å²) < 4.78 is 28.0. The van der Waals surface area contributed by atoms with Crippen LogP contribution in [0.3, 0.4) is 0 Å². The highest BCUT2D eigenvalue weighted by Crippen LogP contribution is 2.24. The first-order valence-corrected chi connectivity index (χ1v) is 8.88. The molecule has 1 aromatic carbocycles. The first-order chi connectivity index (χ1) is 9.66. The van der Waals surface area contributed by atoms with Crippen molar-refractivity contribution in [2.45, 2.75) is 19.1 Å². The molecular weight excluding hydrogens is 362 g/mol. The van der Waals surface area contributed by atoms with E-state index in [4.69, 9.17) is 4.74 Å². The van der Waals surface area contributed by atoms with Crippen LogP contribution < -0.4 is 5.32 Å². The van der Waals surface area contributed by atoms with Gasteiger partial charge in [0.1, 0.15) is 5.25 Å². The predicted molar refractivity (Wildman–Crippen MR) is 83.0 cm³/mol. The third-order valence-electron chi connectivity index (χ3n) is 2.75. The predicted octanol–water partition coefficient (Wildman–Crippen LogP) is 2.00. The number of benzene rings is 1. The summed E-state index contributed by atoms with van der Waals surface area (Å²) >= 11 is 3.22. The second kappa shape index (κ2) is 7.04. The Morgan fingerprint density at radius 1 is 1.38 bits per heavy atom. The molecule has 0 aliphatic carbocycles. The third-order valence-corrected chi connectivity index (χ3v) is 4.90. The molecule has 116 valence electrons. The number of anilines is 1. The average Bonchev–Trinajstić information content (AvgIpc) is 2.39. The summed E-state index contributed by atoms with van der Waals surface area (Å²) in [6, 6.07) is 4.49. The number of amides is 1. The van der Waals surface area contributed by atoms with Crippen LogP contribution in [-0.2, 0) is 19.4 Å². The fourth-order valence-electron chi connectivity index (χ4n) is 1.39. The number of nitrogens with one attached hydrogen (secondary N) is 1. The molecule has 1 rings (SSSR count). The molecular formula is C13H16BrNO5S. The summed E-state index contributed by atoms with van der Waals surface area (Å²) in [6.07, 6.45) is 0.996. The molecule has 1 unspecified atom stereocenters. The molecule has 21 heavy (non-hydrogen) atoms. The molecule has 0 aliphatic heterocycles. The fraction of sp³-hybridized carbons (Fsp3) is 0.385. The molecule has 0 bridgehead atoms. The van der Waals surface area contributed by atoms with Gasteiger partial charge in [-0.3, -0.25) is 4.79 Å². The minimum Gasteiger partial charge on any atom is -0.462 e. The van der Waals surface area contributed by atoms with Crippen molar-refractivity contribution >= 4 is 43.3 Å². The van der Waals surface area contributed by atoms with Crippen molar-refractivity contribution in [3.63, 3.8) is 0 Å².